The molecule has 1 N–H and O–H groups in total. The van der Waals surface area contributed by atoms with Crippen molar-refractivity contribution in [3.8, 4) is 11.5 Å². The first-order valence-electron chi connectivity index (χ1n) is 6.90. The zero-order valence-electron chi connectivity index (χ0n) is 12.0. The van der Waals surface area contributed by atoms with Gasteiger partial charge in [-0.15, -0.1) is 21.5 Å². The second-order valence-corrected chi connectivity index (χ2v) is 6.19. The third-order valence-corrected chi connectivity index (χ3v) is 4.26. The van der Waals surface area contributed by atoms with E-state index in [1.54, 1.807) is 11.3 Å². The molecule has 3 rings (SSSR count). The lowest BCUT2D eigenvalue weighted by molar-refractivity contribution is 0.553. The molecule has 0 amide bonds. The van der Waals surface area contributed by atoms with E-state index in [0.717, 1.165) is 11.3 Å². The van der Waals surface area contributed by atoms with Crippen molar-refractivity contribution in [2.75, 3.05) is 5.32 Å². The Bertz CT molecular complexity index is 677. The molecule has 1 unspecified atom stereocenters. The van der Waals surface area contributed by atoms with Crippen molar-refractivity contribution in [3.63, 3.8) is 0 Å². The van der Waals surface area contributed by atoms with E-state index >= 15 is 0 Å². The quantitative estimate of drug-likeness (QED) is 0.747. The summed E-state index contributed by atoms with van der Waals surface area (Å²) in [6.07, 6.45) is 1.35. The van der Waals surface area contributed by atoms with E-state index in [0.29, 0.717) is 17.9 Å². The Morgan fingerprint density at radius 1 is 1.19 bits per heavy atom. The normalized spacial score (nSPS) is 12.5. The van der Waals surface area contributed by atoms with Crippen molar-refractivity contribution in [1.29, 1.82) is 0 Å². The Labute approximate surface area is 127 Å². The fourth-order valence-electron chi connectivity index (χ4n) is 2.25. The van der Waals surface area contributed by atoms with Crippen LogP contribution in [-0.2, 0) is 0 Å². The van der Waals surface area contributed by atoms with Gasteiger partial charge < -0.3 is 9.73 Å². The zero-order valence-corrected chi connectivity index (χ0v) is 12.8. The van der Waals surface area contributed by atoms with Crippen LogP contribution in [0.25, 0.3) is 11.5 Å². The highest BCUT2D eigenvalue weighted by Gasteiger charge is 2.17. The Kier molecular flexibility index (Phi) is 4.01. The highest BCUT2D eigenvalue weighted by Crippen LogP contribution is 2.30. The molecule has 5 heteroatoms. The zero-order chi connectivity index (χ0) is 14.7. The molecule has 0 saturated carbocycles. The summed E-state index contributed by atoms with van der Waals surface area (Å²) >= 11 is 1.78. The number of rotatable bonds is 5. The average Bonchev–Trinajstić information content (AvgIpc) is 3.18. The smallest absolute Gasteiger partial charge is 0.247 e. The van der Waals surface area contributed by atoms with Crippen LogP contribution in [0.15, 0.2) is 52.6 Å². The van der Waals surface area contributed by atoms with Gasteiger partial charge in [0.15, 0.2) is 0 Å². The van der Waals surface area contributed by atoms with Gasteiger partial charge >= 0.3 is 0 Å². The fourth-order valence-corrected chi connectivity index (χ4v) is 3.20. The molecular formula is C16H17N3OS. The highest BCUT2D eigenvalue weighted by molar-refractivity contribution is 7.10. The topological polar surface area (TPSA) is 51.0 Å². The largest absolute Gasteiger partial charge is 0.423 e. The predicted molar refractivity (Wildman–Crippen MR) is 85.3 cm³/mol. The van der Waals surface area contributed by atoms with Gasteiger partial charge in [-0.2, -0.15) is 0 Å². The van der Waals surface area contributed by atoms with Crippen molar-refractivity contribution in [2.24, 2.45) is 5.92 Å². The van der Waals surface area contributed by atoms with Crippen LogP contribution in [0.2, 0.25) is 0 Å². The van der Waals surface area contributed by atoms with E-state index in [9.17, 15) is 0 Å². The van der Waals surface area contributed by atoms with Crippen molar-refractivity contribution in [1.82, 2.24) is 10.2 Å². The third kappa shape index (κ3) is 3.13. The maximum Gasteiger partial charge on any atom is 0.247 e. The molecule has 1 atom stereocenters. The maximum absolute atomic E-state index is 5.25. The molecule has 21 heavy (non-hydrogen) atoms. The van der Waals surface area contributed by atoms with Gasteiger partial charge in [0.05, 0.1) is 6.04 Å². The minimum Gasteiger partial charge on any atom is -0.423 e. The van der Waals surface area contributed by atoms with Crippen LogP contribution in [0, 0.1) is 5.92 Å². The lowest BCUT2D eigenvalue weighted by Crippen LogP contribution is -2.15. The number of benzene rings is 1. The number of aromatic nitrogens is 2. The summed E-state index contributed by atoms with van der Waals surface area (Å²) in [6.45, 7) is 4.44. The second-order valence-electron chi connectivity index (χ2n) is 5.21. The second kappa shape index (κ2) is 6.10. The van der Waals surface area contributed by atoms with Crippen molar-refractivity contribution in [3.05, 3.63) is 53.0 Å². The number of hydrogen-bond donors (Lipinski definition) is 1. The first kappa shape index (κ1) is 13.8. The van der Waals surface area contributed by atoms with Crippen molar-refractivity contribution >= 4 is 17.0 Å². The summed E-state index contributed by atoms with van der Waals surface area (Å²) < 4.78 is 5.25. The molecule has 0 saturated heterocycles. The molecule has 108 valence electrons. The SMILES string of the molecule is CC(C)C(Nc1cccc(-c2nnco2)c1)c1cccs1. The van der Waals surface area contributed by atoms with E-state index in [-0.39, 0.29) is 0 Å². The molecule has 0 bridgehead atoms. The molecule has 0 aliphatic rings. The number of hydrogen-bond acceptors (Lipinski definition) is 5. The molecule has 0 radical (unpaired) electrons. The number of thiophene rings is 1. The van der Waals surface area contributed by atoms with Gasteiger partial charge in [-0.3, -0.25) is 0 Å². The monoisotopic (exact) mass is 299 g/mol. The van der Waals surface area contributed by atoms with Crippen molar-refractivity contribution in [2.45, 2.75) is 19.9 Å². The van der Waals surface area contributed by atoms with E-state index in [1.165, 1.54) is 11.3 Å². The number of nitrogens with zero attached hydrogens (tertiary/aromatic N) is 2. The lowest BCUT2D eigenvalue weighted by atomic mass is 10.0. The van der Waals surface area contributed by atoms with E-state index in [1.807, 2.05) is 18.2 Å². The molecule has 0 spiro atoms. The number of anilines is 1. The molecule has 0 aliphatic heterocycles. The minimum absolute atomic E-state index is 0.294. The van der Waals surface area contributed by atoms with Gasteiger partial charge in [0.2, 0.25) is 12.3 Å². The van der Waals surface area contributed by atoms with Gasteiger partial charge in [0.25, 0.3) is 0 Å². The molecular weight excluding hydrogens is 282 g/mol. The van der Waals surface area contributed by atoms with Gasteiger partial charge in [-0.25, -0.2) is 0 Å². The molecule has 1 aromatic carbocycles. The minimum atomic E-state index is 0.294. The van der Waals surface area contributed by atoms with E-state index < -0.39 is 0 Å². The van der Waals surface area contributed by atoms with Gasteiger partial charge in [-0.05, 0) is 35.6 Å². The summed E-state index contributed by atoms with van der Waals surface area (Å²) in [4.78, 5) is 1.34. The highest BCUT2D eigenvalue weighted by atomic mass is 32.1. The summed E-state index contributed by atoms with van der Waals surface area (Å²) in [5.74, 6) is 1.03. The molecule has 0 fully saturated rings. The third-order valence-electron chi connectivity index (χ3n) is 3.31. The van der Waals surface area contributed by atoms with Crippen LogP contribution in [-0.4, -0.2) is 10.2 Å². The van der Waals surface area contributed by atoms with Crippen LogP contribution in [0.3, 0.4) is 0 Å². The number of nitrogens with one attached hydrogen (secondary N) is 1. The molecule has 4 nitrogen and oxygen atoms in total. The van der Waals surface area contributed by atoms with Gasteiger partial charge in [0, 0.05) is 16.1 Å². The van der Waals surface area contributed by atoms with E-state index in [4.69, 9.17) is 4.42 Å². The predicted octanol–water partition coefficient (Wildman–Crippen LogP) is 4.61. The van der Waals surface area contributed by atoms with Crippen LogP contribution in [0.5, 0.6) is 0 Å². The van der Waals surface area contributed by atoms with Gasteiger partial charge in [0.1, 0.15) is 0 Å². The van der Waals surface area contributed by atoms with Crippen molar-refractivity contribution < 1.29 is 4.42 Å². The van der Waals surface area contributed by atoms with Crippen LogP contribution in [0.4, 0.5) is 5.69 Å². The Hall–Kier alpha value is -2.14. The average molecular weight is 299 g/mol. The Morgan fingerprint density at radius 3 is 2.76 bits per heavy atom. The van der Waals surface area contributed by atoms with E-state index in [2.05, 4.69) is 52.9 Å². The maximum atomic E-state index is 5.25. The lowest BCUT2D eigenvalue weighted by Gasteiger charge is -2.22. The molecule has 0 aliphatic carbocycles. The fraction of sp³-hybridized carbons (Fsp3) is 0.250. The summed E-state index contributed by atoms with van der Waals surface area (Å²) in [6, 6.07) is 12.6. The first-order valence-corrected chi connectivity index (χ1v) is 7.78. The standard InChI is InChI=1S/C16H17N3OS/c1-11(2)15(14-7-4-8-21-14)18-13-6-3-5-12(9-13)16-19-17-10-20-16/h3-11,15,18H,1-2H3. The molecule has 3 aromatic rings. The molecule has 2 heterocycles. The molecule has 2 aromatic heterocycles. The van der Waals surface area contributed by atoms with Gasteiger partial charge in [-0.1, -0.05) is 26.0 Å². The van der Waals surface area contributed by atoms with Crippen LogP contribution < -0.4 is 5.32 Å². The summed E-state index contributed by atoms with van der Waals surface area (Å²) in [5.41, 5.74) is 1.98. The summed E-state index contributed by atoms with van der Waals surface area (Å²) in [7, 11) is 0. The van der Waals surface area contributed by atoms with Crippen LogP contribution in [0.1, 0.15) is 24.8 Å². The first-order chi connectivity index (χ1) is 10.2. The Balaban J connectivity index is 1.85. The Morgan fingerprint density at radius 2 is 2.10 bits per heavy atom. The summed E-state index contributed by atoms with van der Waals surface area (Å²) in [5, 5.41) is 13.4. The van der Waals surface area contributed by atoms with Crippen LogP contribution >= 0.6 is 11.3 Å².